The molecule has 0 aliphatic heterocycles. The van der Waals surface area contributed by atoms with Gasteiger partial charge in [0.25, 0.3) is 5.56 Å². The second kappa shape index (κ2) is 10.7. The lowest BCUT2D eigenvalue weighted by molar-refractivity contribution is -0.137. The minimum Gasteiger partial charge on any atom is -0.493 e. The zero-order valence-electron chi connectivity index (χ0n) is 20.2. The second-order valence-corrected chi connectivity index (χ2v) is 8.03. The van der Waals surface area contributed by atoms with Crippen LogP contribution in [0.15, 0.2) is 83.2 Å². The third-order valence-corrected chi connectivity index (χ3v) is 5.55. The standard InChI is InChI=1S/C28H24F3N3O3/c1-4-9-19-14-18(15-24(37-5-2)25(19)36-3)17-32-34-26(20-10-8-11-21(16-20)28(29,30)31)33-23-13-7-6-12-22(23)27(34)35/h4,6-8,10-17H,1,5,9H2,2-3H3. The number of alkyl halides is 3. The van der Waals surface area contributed by atoms with E-state index in [-0.39, 0.29) is 16.8 Å². The Kier molecular flexibility index (Phi) is 7.42. The Labute approximate surface area is 211 Å². The van der Waals surface area contributed by atoms with Gasteiger partial charge in [0.2, 0.25) is 0 Å². The van der Waals surface area contributed by atoms with Crippen molar-refractivity contribution in [2.75, 3.05) is 13.7 Å². The van der Waals surface area contributed by atoms with Crippen molar-refractivity contribution in [1.29, 1.82) is 0 Å². The summed E-state index contributed by atoms with van der Waals surface area (Å²) in [7, 11) is 1.54. The number of benzene rings is 3. The Bertz CT molecular complexity index is 1540. The molecule has 9 heteroatoms. The number of hydrogen-bond donors (Lipinski definition) is 0. The van der Waals surface area contributed by atoms with Gasteiger partial charge in [-0.1, -0.05) is 30.3 Å². The van der Waals surface area contributed by atoms with Crippen molar-refractivity contribution in [2.45, 2.75) is 19.5 Å². The van der Waals surface area contributed by atoms with Crippen molar-refractivity contribution >= 4 is 17.1 Å². The van der Waals surface area contributed by atoms with Crippen LogP contribution in [0.5, 0.6) is 11.5 Å². The molecule has 3 aromatic carbocycles. The van der Waals surface area contributed by atoms with Gasteiger partial charge in [0, 0.05) is 11.1 Å². The van der Waals surface area contributed by atoms with Crippen molar-refractivity contribution in [2.24, 2.45) is 5.10 Å². The van der Waals surface area contributed by atoms with Crippen LogP contribution in [-0.4, -0.2) is 29.6 Å². The van der Waals surface area contributed by atoms with E-state index in [2.05, 4.69) is 16.7 Å². The van der Waals surface area contributed by atoms with E-state index in [1.807, 2.05) is 13.0 Å². The largest absolute Gasteiger partial charge is 0.493 e. The summed E-state index contributed by atoms with van der Waals surface area (Å²) >= 11 is 0. The minimum atomic E-state index is -4.55. The Balaban J connectivity index is 1.91. The van der Waals surface area contributed by atoms with Crippen molar-refractivity contribution in [3.05, 3.63) is 100 Å². The molecule has 0 aliphatic carbocycles. The predicted octanol–water partition coefficient (Wildman–Crippen LogP) is 6.10. The SMILES string of the molecule is C=CCc1cc(C=Nn2c(-c3cccc(C(F)(F)F)c3)nc3ccccc3c2=O)cc(OCC)c1OC. The molecular formula is C28H24F3N3O3. The highest BCUT2D eigenvalue weighted by Gasteiger charge is 2.31. The molecule has 1 aromatic heterocycles. The number of nitrogens with zero attached hydrogens (tertiary/aromatic N) is 3. The van der Waals surface area contributed by atoms with Gasteiger partial charge in [0.1, 0.15) is 0 Å². The summed E-state index contributed by atoms with van der Waals surface area (Å²) in [6.45, 7) is 6.02. The van der Waals surface area contributed by atoms with E-state index >= 15 is 0 Å². The third-order valence-electron chi connectivity index (χ3n) is 5.55. The zero-order chi connectivity index (χ0) is 26.6. The van der Waals surface area contributed by atoms with E-state index in [1.165, 1.54) is 18.3 Å². The summed E-state index contributed by atoms with van der Waals surface area (Å²) in [6, 6.07) is 14.8. The molecular weight excluding hydrogens is 483 g/mol. The number of methoxy groups -OCH3 is 1. The Hall–Kier alpha value is -4.40. The molecule has 0 saturated carbocycles. The quantitative estimate of drug-likeness (QED) is 0.214. The van der Waals surface area contributed by atoms with Gasteiger partial charge >= 0.3 is 6.18 Å². The number of halogens is 3. The Morgan fingerprint density at radius 3 is 2.59 bits per heavy atom. The monoisotopic (exact) mass is 507 g/mol. The van der Waals surface area contributed by atoms with E-state index in [9.17, 15) is 18.0 Å². The molecule has 0 radical (unpaired) electrons. The third kappa shape index (κ3) is 5.40. The topological polar surface area (TPSA) is 65.7 Å². The van der Waals surface area contributed by atoms with Crippen LogP contribution in [0.25, 0.3) is 22.3 Å². The van der Waals surface area contributed by atoms with Crippen LogP contribution in [0.1, 0.15) is 23.6 Å². The van der Waals surface area contributed by atoms with Crippen LogP contribution in [0.2, 0.25) is 0 Å². The van der Waals surface area contributed by atoms with E-state index in [4.69, 9.17) is 9.47 Å². The normalized spacial score (nSPS) is 11.7. The molecule has 4 aromatic rings. The number of hydrogen-bond acceptors (Lipinski definition) is 5. The number of fused-ring (bicyclic) bond motifs is 1. The second-order valence-electron chi connectivity index (χ2n) is 8.03. The van der Waals surface area contributed by atoms with Crippen LogP contribution in [0.3, 0.4) is 0 Å². The first-order valence-corrected chi connectivity index (χ1v) is 11.4. The van der Waals surface area contributed by atoms with Gasteiger partial charge in [0.15, 0.2) is 17.3 Å². The molecule has 0 atom stereocenters. The molecule has 0 saturated heterocycles. The van der Waals surface area contributed by atoms with E-state index < -0.39 is 17.3 Å². The molecule has 1 heterocycles. The van der Waals surface area contributed by atoms with Crippen molar-refractivity contribution in [3.63, 3.8) is 0 Å². The summed E-state index contributed by atoms with van der Waals surface area (Å²) in [5.41, 5.74) is 0.477. The molecule has 0 spiro atoms. The molecule has 190 valence electrons. The van der Waals surface area contributed by atoms with Crippen molar-refractivity contribution in [3.8, 4) is 22.9 Å². The number of aromatic nitrogens is 2. The fourth-order valence-corrected chi connectivity index (χ4v) is 3.94. The van der Waals surface area contributed by atoms with Gasteiger partial charge in [-0.15, -0.1) is 6.58 Å². The van der Waals surface area contributed by atoms with Gasteiger partial charge < -0.3 is 9.47 Å². The molecule has 0 aliphatic rings. The molecule has 6 nitrogen and oxygen atoms in total. The highest BCUT2D eigenvalue weighted by molar-refractivity contribution is 5.83. The molecule has 0 unspecified atom stereocenters. The van der Waals surface area contributed by atoms with E-state index in [0.29, 0.717) is 35.6 Å². The molecule has 0 fully saturated rings. The summed E-state index contributed by atoms with van der Waals surface area (Å²) in [5.74, 6) is 1.04. The van der Waals surface area contributed by atoms with Gasteiger partial charge in [-0.05, 0) is 55.3 Å². The summed E-state index contributed by atoms with van der Waals surface area (Å²) in [6.07, 6.45) is -0.902. The van der Waals surface area contributed by atoms with Crippen LogP contribution in [0, 0.1) is 0 Å². The molecule has 37 heavy (non-hydrogen) atoms. The van der Waals surface area contributed by atoms with Crippen LogP contribution in [-0.2, 0) is 12.6 Å². The maximum atomic E-state index is 13.4. The lowest BCUT2D eigenvalue weighted by atomic mass is 10.1. The smallest absolute Gasteiger partial charge is 0.416 e. The minimum absolute atomic E-state index is 0.0177. The van der Waals surface area contributed by atoms with Gasteiger partial charge in [0.05, 0.1) is 36.4 Å². The van der Waals surface area contributed by atoms with Gasteiger partial charge in [-0.25, -0.2) is 4.98 Å². The number of rotatable bonds is 8. The maximum Gasteiger partial charge on any atom is 0.416 e. The Morgan fingerprint density at radius 2 is 1.89 bits per heavy atom. The van der Waals surface area contributed by atoms with Crippen molar-refractivity contribution < 1.29 is 22.6 Å². The lowest BCUT2D eigenvalue weighted by Crippen LogP contribution is -2.20. The summed E-state index contributed by atoms with van der Waals surface area (Å²) in [4.78, 5) is 17.9. The van der Waals surface area contributed by atoms with Crippen LogP contribution >= 0.6 is 0 Å². The first-order valence-electron chi connectivity index (χ1n) is 11.4. The highest BCUT2D eigenvalue weighted by Crippen LogP contribution is 2.34. The van der Waals surface area contributed by atoms with Gasteiger partial charge in [-0.3, -0.25) is 4.79 Å². The van der Waals surface area contributed by atoms with Crippen molar-refractivity contribution in [1.82, 2.24) is 9.66 Å². The van der Waals surface area contributed by atoms with Crippen LogP contribution in [0.4, 0.5) is 13.2 Å². The average Bonchev–Trinajstić information content (AvgIpc) is 2.88. The molecule has 0 bridgehead atoms. The maximum absolute atomic E-state index is 13.4. The summed E-state index contributed by atoms with van der Waals surface area (Å²) < 4.78 is 52.4. The number of ether oxygens (including phenoxy) is 2. The zero-order valence-corrected chi connectivity index (χ0v) is 20.2. The van der Waals surface area contributed by atoms with E-state index in [1.54, 1.807) is 43.5 Å². The first-order chi connectivity index (χ1) is 17.8. The summed E-state index contributed by atoms with van der Waals surface area (Å²) in [5, 5.41) is 4.65. The lowest BCUT2D eigenvalue weighted by Gasteiger charge is -2.14. The fraction of sp³-hybridized carbons (Fsp3) is 0.179. The predicted molar refractivity (Wildman–Crippen MR) is 137 cm³/mol. The Morgan fingerprint density at radius 1 is 1.11 bits per heavy atom. The molecule has 4 rings (SSSR count). The highest BCUT2D eigenvalue weighted by atomic mass is 19.4. The number of para-hydroxylation sites is 1. The first kappa shape index (κ1) is 25.7. The molecule has 0 amide bonds. The van der Waals surface area contributed by atoms with Gasteiger partial charge in [-0.2, -0.15) is 22.9 Å². The van der Waals surface area contributed by atoms with E-state index in [0.717, 1.165) is 22.4 Å². The average molecular weight is 508 g/mol. The fourth-order valence-electron chi connectivity index (χ4n) is 3.94. The molecule has 0 N–H and O–H groups in total. The number of allylic oxidation sites excluding steroid dienone is 1. The van der Waals surface area contributed by atoms with Crippen LogP contribution < -0.4 is 15.0 Å².